The van der Waals surface area contributed by atoms with E-state index in [0.29, 0.717) is 17.7 Å². The lowest BCUT2D eigenvalue weighted by Gasteiger charge is -2.09. The minimum Gasteiger partial charge on any atom is -0.325 e. The summed E-state index contributed by atoms with van der Waals surface area (Å²) in [5.74, 6) is -0.152. The van der Waals surface area contributed by atoms with Crippen molar-refractivity contribution in [1.82, 2.24) is 0 Å². The molecule has 0 aliphatic heterocycles. The Kier molecular flexibility index (Phi) is 4.62. The second-order valence-electron chi connectivity index (χ2n) is 3.62. The number of nitrogens with zero attached hydrogens (tertiary/aromatic N) is 1. The van der Waals surface area contributed by atoms with Crippen molar-refractivity contribution in [2.24, 2.45) is 0 Å². The Morgan fingerprint density at radius 2 is 2.24 bits per heavy atom. The molecule has 1 unspecified atom stereocenters. The normalized spacial score (nSPS) is 11.9. The van der Waals surface area contributed by atoms with Gasteiger partial charge in [0.2, 0.25) is 5.91 Å². The summed E-state index contributed by atoms with van der Waals surface area (Å²) >= 11 is 3.24. The van der Waals surface area contributed by atoms with Crippen LogP contribution in [0.4, 0.5) is 11.4 Å². The first-order valence-corrected chi connectivity index (χ1v) is 6.07. The summed E-state index contributed by atoms with van der Waals surface area (Å²) in [6.07, 6.45) is 0.678. The van der Waals surface area contributed by atoms with Gasteiger partial charge in [0.15, 0.2) is 0 Å². The molecule has 1 aromatic carbocycles. The van der Waals surface area contributed by atoms with E-state index in [4.69, 9.17) is 0 Å². The Bertz CT molecular complexity index is 448. The van der Waals surface area contributed by atoms with Crippen LogP contribution in [0, 0.1) is 17.0 Å². The number of aryl methyl sites for hydroxylation is 1. The van der Waals surface area contributed by atoms with Crippen LogP contribution in [0.3, 0.4) is 0 Å². The predicted octanol–water partition coefficient (Wildman–Crippen LogP) is 3.02. The number of hydrogen-bond acceptors (Lipinski definition) is 3. The van der Waals surface area contributed by atoms with Gasteiger partial charge in [0.25, 0.3) is 5.69 Å². The first-order valence-electron chi connectivity index (χ1n) is 5.15. The number of rotatable bonds is 4. The van der Waals surface area contributed by atoms with E-state index >= 15 is 0 Å². The van der Waals surface area contributed by atoms with Gasteiger partial charge >= 0.3 is 0 Å². The Morgan fingerprint density at radius 1 is 1.59 bits per heavy atom. The molecule has 0 saturated carbocycles. The Hall–Kier alpha value is -1.43. The van der Waals surface area contributed by atoms with Crippen molar-refractivity contribution in [3.05, 3.63) is 33.9 Å². The van der Waals surface area contributed by atoms with Crippen molar-refractivity contribution in [1.29, 1.82) is 0 Å². The van der Waals surface area contributed by atoms with E-state index in [2.05, 4.69) is 21.2 Å². The molecule has 1 amide bonds. The molecule has 0 fully saturated rings. The Balaban J connectivity index is 2.84. The predicted molar refractivity (Wildman–Crippen MR) is 69.5 cm³/mol. The lowest BCUT2D eigenvalue weighted by molar-refractivity contribution is -0.385. The van der Waals surface area contributed by atoms with E-state index < -0.39 is 4.92 Å². The van der Waals surface area contributed by atoms with E-state index in [-0.39, 0.29) is 16.4 Å². The lowest BCUT2D eigenvalue weighted by atomic mass is 10.2. The van der Waals surface area contributed by atoms with Gasteiger partial charge in [-0.25, -0.2) is 0 Å². The minimum atomic E-state index is -0.444. The van der Waals surface area contributed by atoms with Gasteiger partial charge in [-0.3, -0.25) is 14.9 Å². The first kappa shape index (κ1) is 13.6. The highest BCUT2D eigenvalue weighted by molar-refractivity contribution is 9.10. The second kappa shape index (κ2) is 5.77. The molecule has 1 rings (SSSR count). The van der Waals surface area contributed by atoms with Gasteiger partial charge in [-0.15, -0.1) is 0 Å². The molecular formula is C11H13BrN2O3. The first-order chi connectivity index (χ1) is 7.95. The zero-order valence-electron chi connectivity index (χ0n) is 9.57. The molecule has 1 atom stereocenters. The van der Waals surface area contributed by atoms with E-state index in [9.17, 15) is 14.9 Å². The lowest BCUT2D eigenvalue weighted by Crippen LogP contribution is -2.22. The molecule has 0 aromatic heterocycles. The maximum atomic E-state index is 11.6. The Morgan fingerprint density at radius 3 is 2.71 bits per heavy atom. The molecule has 0 heterocycles. The van der Waals surface area contributed by atoms with Gasteiger partial charge in [-0.2, -0.15) is 0 Å². The van der Waals surface area contributed by atoms with Crippen LogP contribution >= 0.6 is 15.9 Å². The van der Waals surface area contributed by atoms with Crippen molar-refractivity contribution in [3.63, 3.8) is 0 Å². The van der Waals surface area contributed by atoms with Crippen molar-refractivity contribution >= 4 is 33.2 Å². The van der Waals surface area contributed by atoms with Crippen molar-refractivity contribution in [2.75, 3.05) is 5.32 Å². The van der Waals surface area contributed by atoms with Crippen LogP contribution in [0.25, 0.3) is 0 Å². The smallest absolute Gasteiger partial charge is 0.272 e. The summed E-state index contributed by atoms with van der Waals surface area (Å²) in [7, 11) is 0. The van der Waals surface area contributed by atoms with Gasteiger partial charge in [0, 0.05) is 17.3 Å². The van der Waals surface area contributed by atoms with Crippen LogP contribution in [0.15, 0.2) is 18.2 Å². The topological polar surface area (TPSA) is 72.2 Å². The summed E-state index contributed by atoms with van der Waals surface area (Å²) in [5, 5.41) is 13.3. The number of benzene rings is 1. The van der Waals surface area contributed by atoms with E-state index in [1.165, 1.54) is 12.1 Å². The van der Waals surface area contributed by atoms with Gasteiger partial charge < -0.3 is 5.32 Å². The van der Waals surface area contributed by atoms with Gasteiger partial charge in [0.1, 0.15) is 0 Å². The third kappa shape index (κ3) is 3.52. The SMILES string of the molecule is CCC(Br)C(=O)Nc1ccc([N+](=O)[O-])c(C)c1. The summed E-state index contributed by atoms with van der Waals surface area (Å²) < 4.78 is 0. The van der Waals surface area contributed by atoms with Gasteiger partial charge in [-0.1, -0.05) is 22.9 Å². The molecule has 6 heteroatoms. The number of nitro groups is 1. The summed E-state index contributed by atoms with van der Waals surface area (Å²) in [5.41, 5.74) is 1.14. The number of carbonyl (C=O) groups excluding carboxylic acids is 1. The molecule has 1 N–H and O–H groups in total. The standard InChI is InChI=1S/C11H13BrN2O3/c1-3-9(12)11(15)13-8-4-5-10(14(16)17)7(2)6-8/h4-6,9H,3H2,1-2H3,(H,13,15). The van der Waals surface area contributed by atoms with Crippen LogP contribution in [-0.2, 0) is 4.79 Å². The minimum absolute atomic E-state index is 0.0499. The third-order valence-electron chi connectivity index (χ3n) is 2.30. The molecule has 0 spiro atoms. The fourth-order valence-electron chi connectivity index (χ4n) is 1.34. The monoisotopic (exact) mass is 300 g/mol. The average Bonchev–Trinajstić information content (AvgIpc) is 2.27. The van der Waals surface area contributed by atoms with E-state index in [0.717, 1.165) is 0 Å². The number of halogens is 1. The maximum absolute atomic E-state index is 11.6. The summed E-state index contributed by atoms with van der Waals surface area (Å²) in [6.45, 7) is 3.53. The zero-order valence-corrected chi connectivity index (χ0v) is 11.2. The molecule has 0 aliphatic carbocycles. The molecule has 0 saturated heterocycles. The van der Waals surface area contributed by atoms with Gasteiger partial charge in [0.05, 0.1) is 9.75 Å². The number of anilines is 1. The van der Waals surface area contributed by atoms with Crippen molar-refractivity contribution in [3.8, 4) is 0 Å². The quantitative estimate of drug-likeness (QED) is 0.528. The maximum Gasteiger partial charge on any atom is 0.272 e. The summed E-state index contributed by atoms with van der Waals surface area (Å²) in [4.78, 5) is 21.5. The number of nitro benzene ring substituents is 1. The molecule has 0 aliphatic rings. The number of hydrogen-bond donors (Lipinski definition) is 1. The number of alkyl halides is 1. The highest BCUT2D eigenvalue weighted by Gasteiger charge is 2.14. The van der Waals surface area contributed by atoms with Crippen LogP contribution < -0.4 is 5.32 Å². The molecule has 0 radical (unpaired) electrons. The Labute approximate surface area is 107 Å². The molecule has 5 nitrogen and oxygen atoms in total. The van der Waals surface area contributed by atoms with E-state index in [1.54, 1.807) is 13.0 Å². The number of nitrogens with one attached hydrogen (secondary N) is 1. The largest absolute Gasteiger partial charge is 0.325 e. The third-order valence-corrected chi connectivity index (χ3v) is 3.37. The molecule has 1 aromatic rings. The number of amides is 1. The second-order valence-corrected chi connectivity index (χ2v) is 4.73. The van der Waals surface area contributed by atoms with Crippen molar-refractivity contribution in [2.45, 2.75) is 25.1 Å². The molecule has 92 valence electrons. The summed E-state index contributed by atoms with van der Waals surface area (Å²) in [6, 6.07) is 4.50. The van der Waals surface area contributed by atoms with Crippen LogP contribution in [0.5, 0.6) is 0 Å². The highest BCUT2D eigenvalue weighted by Crippen LogP contribution is 2.22. The highest BCUT2D eigenvalue weighted by atomic mass is 79.9. The van der Waals surface area contributed by atoms with Crippen LogP contribution in [-0.4, -0.2) is 15.7 Å². The molecule has 0 bridgehead atoms. The fraction of sp³-hybridized carbons (Fsp3) is 0.364. The van der Waals surface area contributed by atoms with Crippen LogP contribution in [0.2, 0.25) is 0 Å². The van der Waals surface area contributed by atoms with Crippen molar-refractivity contribution < 1.29 is 9.72 Å². The number of carbonyl (C=O) groups is 1. The zero-order chi connectivity index (χ0) is 13.0. The average molecular weight is 301 g/mol. The molecule has 17 heavy (non-hydrogen) atoms. The van der Waals surface area contributed by atoms with Crippen LogP contribution in [0.1, 0.15) is 18.9 Å². The van der Waals surface area contributed by atoms with Gasteiger partial charge in [-0.05, 0) is 25.5 Å². The fourth-order valence-corrected chi connectivity index (χ4v) is 1.46. The van der Waals surface area contributed by atoms with E-state index in [1.807, 2.05) is 6.92 Å². The molecular weight excluding hydrogens is 288 g/mol.